The van der Waals surface area contributed by atoms with Gasteiger partial charge in [-0.15, -0.1) is 0 Å². The molecule has 0 spiro atoms. The van der Waals surface area contributed by atoms with Crippen molar-refractivity contribution in [3.63, 3.8) is 0 Å². The van der Waals surface area contributed by atoms with Crippen LogP contribution >= 0.6 is 15.9 Å². The minimum atomic E-state index is 0.333. The normalized spacial score (nSPS) is 12.1. The van der Waals surface area contributed by atoms with Gasteiger partial charge < -0.3 is 10.6 Å². The van der Waals surface area contributed by atoms with Crippen molar-refractivity contribution in [2.45, 2.75) is 27.3 Å². The van der Waals surface area contributed by atoms with E-state index in [1.165, 1.54) is 5.56 Å². The molecule has 0 saturated heterocycles. The lowest BCUT2D eigenvalue weighted by Crippen LogP contribution is -2.28. The molecular formula is C13H21BrN2. The van der Waals surface area contributed by atoms with Gasteiger partial charge in [-0.3, -0.25) is 0 Å². The summed E-state index contributed by atoms with van der Waals surface area (Å²) < 4.78 is 0.981. The summed E-state index contributed by atoms with van der Waals surface area (Å²) in [6.07, 6.45) is 0. The lowest BCUT2D eigenvalue weighted by Gasteiger charge is -2.26. The van der Waals surface area contributed by atoms with Gasteiger partial charge in [0.25, 0.3) is 0 Å². The van der Waals surface area contributed by atoms with E-state index < -0.39 is 0 Å². The number of halogens is 1. The van der Waals surface area contributed by atoms with Crippen molar-refractivity contribution in [3.05, 3.63) is 28.2 Å². The van der Waals surface area contributed by atoms with Crippen molar-refractivity contribution in [1.82, 2.24) is 4.90 Å². The molecule has 1 rings (SSSR count). The smallest absolute Gasteiger partial charge is 0.0458 e. The van der Waals surface area contributed by atoms with Crippen LogP contribution in [0.3, 0.4) is 0 Å². The van der Waals surface area contributed by atoms with Crippen LogP contribution in [0.25, 0.3) is 0 Å². The SMILES string of the molecule is CN(Cc1ccc(N)c(Br)c1)CC(C)(C)C. The molecule has 0 bridgehead atoms. The standard InChI is InChI=1S/C13H21BrN2/c1-13(2,3)9-16(4)8-10-5-6-12(15)11(14)7-10/h5-7H,8-9,15H2,1-4H3. The molecule has 1 aromatic rings. The van der Waals surface area contributed by atoms with Crippen molar-refractivity contribution in [2.75, 3.05) is 19.3 Å². The molecule has 3 heteroatoms. The number of nitrogen functional groups attached to an aromatic ring is 1. The topological polar surface area (TPSA) is 29.3 Å². The molecule has 0 saturated carbocycles. The summed E-state index contributed by atoms with van der Waals surface area (Å²) in [6.45, 7) is 8.79. The van der Waals surface area contributed by atoms with Gasteiger partial charge in [0.05, 0.1) is 0 Å². The van der Waals surface area contributed by atoms with Crippen molar-refractivity contribution in [3.8, 4) is 0 Å². The molecule has 2 N–H and O–H groups in total. The molecule has 2 nitrogen and oxygen atoms in total. The van der Waals surface area contributed by atoms with Gasteiger partial charge in [0.1, 0.15) is 0 Å². The van der Waals surface area contributed by atoms with E-state index in [0.29, 0.717) is 5.41 Å². The average Bonchev–Trinajstić information content (AvgIpc) is 2.08. The van der Waals surface area contributed by atoms with Crippen LogP contribution in [0.4, 0.5) is 5.69 Å². The Balaban J connectivity index is 2.63. The van der Waals surface area contributed by atoms with E-state index in [2.05, 4.69) is 60.8 Å². The van der Waals surface area contributed by atoms with Crippen LogP contribution in [0.5, 0.6) is 0 Å². The first-order chi connectivity index (χ1) is 7.28. The van der Waals surface area contributed by atoms with Gasteiger partial charge in [-0.1, -0.05) is 26.8 Å². The van der Waals surface area contributed by atoms with E-state index in [1.54, 1.807) is 0 Å². The monoisotopic (exact) mass is 284 g/mol. The quantitative estimate of drug-likeness (QED) is 0.861. The van der Waals surface area contributed by atoms with Gasteiger partial charge >= 0.3 is 0 Å². The molecule has 0 aliphatic rings. The lowest BCUT2D eigenvalue weighted by atomic mass is 9.96. The summed E-state index contributed by atoms with van der Waals surface area (Å²) >= 11 is 3.45. The van der Waals surface area contributed by atoms with Gasteiger partial charge in [-0.25, -0.2) is 0 Å². The summed E-state index contributed by atoms with van der Waals surface area (Å²) in [5.74, 6) is 0. The fourth-order valence-electron chi connectivity index (χ4n) is 1.85. The van der Waals surface area contributed by atoms with Crippen molar-refractivity contribution < 1.29 is 0 Å². The highest BCUT2D eigenvalue weighted by molar-refractivity contribution is 9.10. The second kappa shape index (κ2) is 5.19. The number of benzene rings is 1. The highest BCUT2D eigenvalue weighted by Crippen LogP contribution is 2.22. The van der Waals surface area contributed by atoms with Crippen LogP contribution < -0.4 is 5.73 Å². The zero-order valence-electron chi connectivity index (χ0n) is 10.5. The second-order valence-electron chi connectivity index (χ2n) is 5.59. The zero-order chi connectivity index (χ0) is 12.3. The summed E-state index contributed by atoms with van der Waals surface area (Å²) in [5, 5.41) is 0. The Kier molecular flexibility index (Phi) is 4.39. The van der Waals surface area contributed by atoms with Crippen LogP contribution in [-0.4, -0.2) is 18.5 Å². The first kappa shape index (κ1) is 13.5. The number of anilines is 1. The maximum absolute atomic E-state index is 5.76. The third-order valence-electron chi connectivity index (χ3n) is 2.26. The van der Waals surface area contributed by atoms with E-state index in [4.69, 9.17) is 5.73 Å². The molecule has 0 amide bonds. The second-order valence-corrected chi connectivity index (χ2v) is 6.44. The van der Waals surface area contributed by atoms with Gasteiger partial charge in [-0.05, 0) is 46.1 Å². The van der Waals surface area contributed by atoms with Crippen LogP contribution in [0.2, 0.25) is 0 Å². The fourth-order valence-corrected chi connectivity index (χ4v) is 2.27. The predicted octanol–water partition coefficient (Wildman–Crippen LogP) is 3.51. The Bertz CT molecular complexity index is 355. The van der Waals surface area contributed by atoms with Gasteiger partial charge in [-0.2, -0.15) is 0 Å². The summed E-state index contributed by atoms with van der Waals surface area (Å²) in [6, 6.07) is 6.12. The van der Waals surface area contributed by atoms with Gasteiger partial charge in [0.15, 0.2) is 0 Å². The van der Waals surface area contributed by atoms with E-state index >= 15 is 0 Å². The zero-order valence-corrected chi connectivity index (χ0v) is 12.1. The number of nitrogens with zero attached hydrogens (tertiary/aromatic N) is 1. The van der Waals surface area contributed by atoms with E-state index in [0.717, 1.165) is 23.2 Å². The van der Waals surface area contributed by atoms with Crippen LogP contribution in [0.1, 0.15) is 26.3 Å². The summed E-state index contributed by atoms with van der Waals surface area (Å²) in [7, 11) is 2.15. The maximum Gasteiger partial charge on any atom is 0.0458 e. The van der Waals surface area contributed by atoms with Crippen molar-refractivity contribution in [1.29, 1.82) is 0 Å². The third-order valence-corrected chi connectivity index (χ3v) is 2.95. The molecule has 0 fully saturated rings. The molecule has 0 aliphatic carbocycles. The number of rotatable bonds is 3. The third kappa shape index (κ3) is 4.54. The molecule has 16 heavy (non-hydrogen) atoms. The molecule has 0 unspecified atom stereocenters. The molecule has 0 aliphatic heterocycles. The van der Waals surface area contributed by atoms with Crippen molar-refractivity contribution in [2.24, 2.45) is 5.41 Å². The van der Waals surface area contributed by atoms with Crippen molar-refractivity contribution >= 4 is 21.6 Å². The molecular weight excluding hydrogens is 264 g/mol. The number of hydrogen-bond donors (Lipinski definition) is 1. The van der Waals surface area contributed by atoms with Crippen LogP contribution in [0.15, 0.2) is 22.7 Å². The molecule has 1 aromatic carbocycles. The summed E-state index contributed by atoms with van der Waals surface area (Å²) in [4.78, 5) is 2.33. The Morgan fingerprint density at radius 1 is 1.31 bits per heavy atom. The Morgan fingerprint density at radius 3 is 2.44 bits per heavy atom. The largest absolute Gasteiger partial charge is 0.398 e. The molecule has 90 valence electrons. The van der Waals surface area contributed by atoms with E-state index in [-0.39, 0.29) is 0 Å². The summed E-state index contributed by atoms with van der Waals surface area (Å²) in [5.41, 5.74) is 8.17. The van der Waals surface area contributed by atoms with Crippen LogP contribution in [-0.2, 0) is 6.54 Å². The number of nitrogens with two attached hydrogens (primary N) is 1. The maximum atomic E-state index is 5.76. The Hall–Kier alpha value is -0.540. The molecule has 0 aromatic heterocycles. The van der Waals surface area contributed by atoms with Crippen LogP contribution in [0, 0.1) is 5.41 Å². The highest BCUT2D eigenvalue weighted by atomic mass is 79.9. The minimum Gasteiger partial charge on any atom is -0.398 e. The molecule has 0 heterocycles. The van der Waals surface area contributed by atoms with Gasteiger partial charge in [0, 0.05) is 23.2 Å². The minimum absolute atomic E-state index is 0.333. The Labute approximate surface area is 107 Å². The Morgan fingerprint density at radius 2 is 1.94 bits per heavy atom. The first-order valence-electron chi connectivity index (χ1n) is 5.50. The molecule has 0 radical (unpaired) electrons. The average molecular weight is 285 g/mol. The highest BCUT2D eigenvalue weighted by Gasteiger charge is 2.13. The fraction of sp³-hybridized carbons (Fsp3) is 0.538. The number of hydrogen-bond acceptors (Lipinski definition) is 2. The van der Waals surface area contributed by atoms with E-state index in [1.807, 2.05) is 6.07 Å². The van der Waals surface area contributed by atoms with Gasteiger partial charge in [0.2, 0.25) is 0 Å². The molecule has 0 atom stereocenters. The first-order valence-corrected chi connectivity index (χ1v) is 6.30. The lowest BCUT2D eigenvalue weighted by molar-refractivity contribution is 0.221. The predicted molar refractivity (Wildman–Crippen MR) is 74.3 cm³/mol. The van der Waals surface area contributed by atoms with E-state index in [9.17, 15) is 0 Å².